The van der Waals surface area contributed by atoms with Crippen LogP contribution >= 0.6 is 22.9 Å². The highest BCUT2D eigenvalue weighted by atomic mass is 35.5. The molecule has 2 N–H and O–H groups in total. The number of carboxylic acid groups (broad SMARTS) is 1. The van der Waals surface area contributed by atoms with Crippen LogP contribution < -0.4 is 4.72 Å². The Balaban J connectivity index is 2.25. The van der Waals surface area contributed by atoms with Crippen LogP contribution in [-0.2, 0) is 14.8 Å². The fourth-order valence-electron chi connectivity index (χ4n) is 2.61. The molecule has 2 rings (SSSR count). The van der Waals surface area contributed by atoms with Crippen molar-refractivity contribution >= 4 is 38.9 Å². The van der Waals surface area contributed by atoms with Crippen molar-refractivity contribution in [2.45, 2.75) is 48.3 Å². The SMILES string of the molecule is O=C(O)CC1(NS(=O)(=O)c2ccc(Cl)s2)CCCCC1. The van der Waals surface area contributed by atoms with Crippen LogP contribution in [0.25, 0.3) is 0 Å². The van der Waals surface area contributed by atoms with Crippen molar-refractivity contribution < 1.29 is 18.3 Å². The first kappa shape index (κ1) is 15.8. The van der Waals surface area contributed by atoms with E-state index in [4.69, 9.17) is 16.7 Å². The van der Waals surface area contributed by atoms with Gasteiger partial charge in [-0.15, -0.1) is 11.3 Å². The van der Waals surface area contributed by atoms with Gasteiger partial charge in [0.25, 0.3) is 10.0 Å². The summed E-state index contributed by atoms with van der Waals surface area (Å²) in [5, 5.41) is 9.05. The zero-order valence-corrected chi connectivity index (χ0v) is 13.2. The molecule has 0 bridgehead atoms. The molecule has 0 radical (unpaired) electrons. The number of hydrogen-bond donors (Lipinski definition) is 2. The molecule has 8 heteroatoms. The van der Waals surface area contributed by atoms with Crippen molar-refractivity contribution in [3.8, 4) is 0 Å². The van der Waals surface area contributed by atoms with Crippen LogP contribution in [-0.4, -0.2) is 25.0 Å². The summed E-state index contributed by atoms with van der Waals surface area (Å²) in [5.74, 6) is -0.987. The number of aliphatic carboxylic acids is 1. The third-order valence-electron chi connectivity index (χ3n) is 3.46. The fourth-order valence-corrected chi connectivity index (χ4v) is 5.55. The first-order valence-corrected chi connectivity index (χ1v) is 9.02. The average Bonchev–Trinajstić information content (AvgIpc) is 2.76. The molecule has 20 heavy (non-hydrogen) atoms. The maximum Gasteiger partial charge on any atom is 0.305 e. The lowest BCUT2D eigenvalue weighted by atomic mass is 9.80. The minimum atomic E-state index is -3.72. The number of rotatable bonds is 5. The molecule has 1 aromatic heterocycles. The van der Waals surface area contributed by atoms with Crippen molar-refractivity contribution in [1.29, 1.82) is 0 Å². The summed E-state index contributed by atoms with van der Waals surface area (Å²) in [6.45, 7) is 0. The molecule has 1 heterocycles. The molecule has 1 saturated carbocycles. The van der Waals surface area contributed by atoms with Gasteiger partial charge in [-0.1, -0.05) is 30.9 Å². The number of hydrogen-bond acceptors (Lipinski definition) is 4. The number of thiophene rings is 1. The van der Waals surface area contributed by atoms with E-state index in [0.29, 0.717) is 17.2 Å². The van der Waals surface area contributed by atoms with E-state index in [-0.39, 0.29) is 10.6 Å². The summed E-state index contributed by atoms with van der Waals surface area (Å²) < 4.78 is 27.8. The van der Waals surface area contributed by atoms with E-state index in [1.807, 2.05) is 0 Å². The van der Waals surface area contributed by atoms with Gasteiger partial charge in [0.15, 0.2) is 0 Å². The molecular formula is C12H16ClNO4S2. The van der Waals surface area contributed by atoms with E-state index in [0.717, 1.165) is 30.6 Å². The molecule has 0 unspecified atom stereocenters. The second kappa shape index (κ2) is 6.01. The maximum absolute atomic E-state index is 12.3. The van der Waals surface area contributed by atoms with E-state index < -0.39 is 21.5 Å². The van der Waals surface area contributed by atoms with Gasteiger partial charge >= 0.3 is 5.97 Å². The highest BCUT2D eigenvalue weighted by Crippen LogP contribution is 2.34. The van der Waals surface area contributed by atoms with Crippen molar-refractivity contribution in [1.82, 2.24) is 4.72 Å². The number of halogens is 1. The highest BCUT2D eigenvalue weighted by Gasteiger charge is 2.38. The lowest BCUT2D eigenvalue weighted by Crippen LogP contribution is -2.50. The molecule has 1 aliphatic rings. The van der Waals surface area contributed by atoms with E-state index >= 15 is 0 Å². The summed E-state index contributed by atoms with van der Waals surface area (Å²) >= 11 is 6.73. The Hall–Kier alpha value is -0.630. The number of sulfonamides is 1. The van der Waals surface area contributed by atoms with Crippen molar-refractivity contribution in [3.63, 3.8) is 0 Å². The van der Waals surface area contributed by atoms with Gasteiger partial charge in [0, 0.05) is 5.54 Å². The summed E-state index contributed by atoms with van der Waals surface area (Å²) in [4.78, 5) is 11.0. The molecule has 1 aliphatic carbocycles. The van der Waals surface area contributed by atoms with Crippen molar-refractivity contribution in [2.24, 2.45) is 0 Å². The first-order valence-electron chi connectivity index (χ1n) is 6.34. The number of carboxylic acids is 1. The Bertz CT molecular complexity index is 590. The second-order valence-corrected chi connectivity index (χ2v) is 8.70. The quantitative estimate of drug-likeness (QED) is 0.865. The van der Waals surface area contributed by atoms with Gasteiger partial charge in [-0.25, -0.2) is 13.1 Å². The standard InChI is InChI=1S/C12H16ClNO4S2/c13-9-4-5-11(19-9)20(17,18)14-12(8-10(15)16)6-2-1-3-7-12/h4-5,14H,1-3,6-8H2,(H,15,16). The van der Waals surface area contributed by atoms with Crippen LogP contribution in [0.4, 0.5) is 0 Å². The predicted molar refractivity (Wildman–Crippen MR) is 77.7 cm³/mol. The third-order valence-corrected chi connectivity index (χ3v) is 6.77. The van der Waals surface area contributed by atoms with Crippen LogP contribution in [0.15, 0.2) is 16.3 Å². The Kier molecular flexibility index (Phi) is 4.73. The van der Waals surface area contributed by atoms with Gasteiger partial charge in [-0.2, -0.15) is 0 Å². The predicted octanol–water partition coefficient (Wildman–Crippen LogP) is 2.86. The molecule has 0 spiro atoms. The summed E-state index contributed by atoms with van der Waals surface area (Å²) in [6, 6.07) is 2.96. The first-order chi connectivity index (χ1) is 9.33. The monoisotopic (exact) mass is 337 g/mol. The van der Waals surface area contributed by atoms with E-state index in [2.05, 4.69) is 4.72 Å². The van der Waals surface area contributed by atoms with Gasteiger partial charge in [0.05, 0.1) is 10.8 Å². The van der Waals surface area contributed by atoms with E-state index in [1.54, 1.807) is 0 Å². The Labute approximate surface area is 127 Å². The lowest BCUT2D eigenvalue weighted by molar-refractivity contribution is -0.138. The van der Waals surface area contributed by atoms with Crippen molar-refractivity contribution in [2.75, 3.05) is 0 Å². The van der Waals surface area contributed by atoms with Gasteiger partial charge in [-0.05, 0) is 25.0 Å². The maximum atomic E-state index is 12.3. The normalized spacial score (nSPS) is 18.9. The zero-order chi connectivity index (χ0) is 14.8. The molecule has 0 aromatic carbocycles. The lowest BCUT2D eigenvalue weighted by Gasteiger charge is -2.36. The molecule has 1 aromatic rings. The minimum Gasteiger partial charge on any atom is -0.481 e. The summed E-state index contributed by atoms with van der Waals surface area (Å²) in [6.07, 6.45) is 3.59. The van der Waals surface area contributed by atoms with Crippen molar-refractivity contribution in [3.05, 3.63) is 16.5 Å². The zero-order valence-electron chi connectivity index (χ0n) is 10.8. The number of carbonyl (C=O) groups is 1. The molecule has 0 atom stereocenters. The molecule has 112 valence electrons. The topological polar surface area (TPSA) is 83.5 Å². The van der Waals surface area contributed by atoms with Gasteiger partial charge < -0.3 is 5.11 Å². The highest BCUT2D eigenvalue weighted by molar-refractivity contribution is 7.91. The van der Waals surface area contributed by atoms with Crippen LogP contribution in [0, 0.1) is 0 Å². The van der Waals surface area contributed by atoms with Gasteiger partial charge in [0.2, 0.25) is 0 Å². The average molecular weight is 338 g/mol. The van der Waals surface area contributed by atoms with Gasteiger partial charge in [0.1, 0.15) is 4.21 Å². The number of nitrogens with one attached hydrogen (secondary N) is 1. The summed E-state index contributed by atoms with van der Waals surface area (Å²) in [7, 11) is -3.72. The minimum absolute atomic E-state index is 0.123. The van der Waals surface area contributed by atoms with Gasteiger partial charge in [-0.3, -0.25) is 4.79 Å². The second-order valence-electron chi connectivity index (χ2n) is 5.08. The summed E-state index contributed by atoms with van der Waals surface area (Å²) in [5.41, 5.74) is -0.876. The fraction of sp³-hybridized carbons (Fsp3) is 0.583. The third kappa shape index (κ3) is 3.72. The molecule has 5 nitrogen and oxygen atoms in total. The molecule has 0 aliphatic heterocycles. The molecule has 0 amide bonds. The Morgan fingerprint density at radius 1 is 1.35 bits per heavy atom. The Morgan fingerprint density at radius 2 is 2.00 bits per heavy atom. The molecule has 0 saturated heterocycles. The molecule has 1 fully saturated rings. The van der Waals surface area contributed by atoms with Crippen LogP contribution in [0.3, 0.4) is 0 Å². The van der Waals surface area contributed by atoms with E-state index in [1.165, 1.54) is 12.1 Å². The Morgan fingerprint density at radius 3 is 2.50 bits per heavy atom. The smallest absolute Gasteiger partial charge is 0.305 e. The van der Waals surface area contributed by atoms with E-state index in [9.17, 15) is 13.2 Å². The largest absolute Gasteiger partial charge is 0.481 e. The van der Waals surface area contributed by atoms with Crippen LogP contribution in [0.5, 0.6) is 0 Å². The molecular weight excluding hydrogens is 322 g/mol. The van der Waals surface area contributed by atoms with Crippen LogP contribution in [0.2, 0.25) is 4.34 Å². The van der Waals surface area contributed by atoms with Crippen LogP contribution in [0.1, 0.15) is 38.5 Å².